The third-order valence-electron chi connectivity index (χ3n) is 4.78. The Labute approximate surface area is 162 Å². The summed E-state index contributed by atoms with van der Waals surface area (Å²) in [6.45, 7) is 1.73. The summed E-state index contributed by atoms with van der Waals surface area (Å²) < 4.78 is 11.5. The number of hydrogen-bond donors (Lipinski definition) is 0. The Balaban J connectivity index is 1.22. The average Bonchev–Trinajstić information content (AvgIpc) is 2.95. The Morgan fingerprint density at radius 2 is 1.78 bits per heavy atom. The molecule has 2 aromatic carbocycles. The summed E-state index contributed by atoms with van der Waals surface area (Å²) >= 11 is 1.34. The van der Waals surface area contributed by atoms with E-state index in [1.165, 1.54) is 22.5 Å². The first-order chi connectivity index (χ1) is 13.3. The smallest absolute Gasteiger partial charge is 0.261 e. The fraction of sp³-hybridized carbons (Fsp3) is 0.333. The van der Waals surface area contributed by atoms with Crippen LogP contribution in [0.4, 0.5) is 0 Å². The van der Waals surface area contributed by atoms with Crippen LogP contribution in [0.3, 0.4) is 0 Å². The number of aryl methyl sites for hydroxylation is 1. The Hall–Kier alpha value is -2.31. The lowest BCUT2D eigenvalue weighted by Gasteiger charge is -2.19. The lowest BCUT2D eigenvalue weighted by atomic mass is 10.1. The summed E-state index contributed by atoms with van der Waals surface area (Å²) in [5.74, 6) is 0.553. The largest absolute Gasteiger partial charge is 0.492 e. The molecule has 27 heavy (non-hydrogen) atoms. The normalized spacial score (nSPS) is 15.5. The molecule has 2 aliphatic heterocycles. The van der Waals surface area contributed by atoms with Crippen LogP contribution in [0.5, 0.6) is 5.75 Å². The van der Waals surface area contributed by atoms with Crippen molar-refractivity contribution < 1.29 is 18.5 Å². The van der Waals surface area contributed by atoms with Crippen molar-refractivity contribution in [2.45, 2.75) is 30.6 Å². The van der Waals surface area contributed by atoms with Gasteiger partial charge in [0.05, 0.1) is 29.2 Å². The Morgan fingerprint density at radius 1 is 1.00 bits per heavy atom. The van der Waals surface area contributed by atoms with Crippen LogP contribution in [0, 0.1) is 0 Å². The van der Waals surface area contributed by atoms with Crippen LogP contribution in [0.1, 0.15) is 45.5 Å². The quantitative estimate of drug-likeness (QED) is 0.409. The van der Waals surface area contributed by atoms with Gasteiger partial charge in [0, 0.05) is 18.6 Å². The summed E-state index contributed by atoms with van der Waals surface area (Å²) in [7, 11) is 0. The maximum Gasteiger partial charge on any atom is 0.261 e. The molecule has 0 saturated heterocycles. The van der Waals surface area contributed by atoms with Crippen molar-refractivity contribution in [2.75, 3.05) is 19.8 Å². The highest BCUT2D eigenvalue weighted by Crippen LogP contribution is 2.36. The van der Waals surface area contributed by atoms with Gasteiger partial charge in [-0.15, -0.1) is 0 Å². The van der Waals surface area contributed by atoms with Gasteiger partial charge in [0.25, 0.3) is 11.8 Å². The van der Waals surface area contributed by atoms with Crippen molar-refractivity contribution >= 4 is 23.9 Å². The Kier molecular flexibility index (Phi) is 5.45. The molecule has 5 nitrogen and oxygen atoms in total. The van der Waals surface area contributed by atoms with Crippen LogP contribution in [-0.4, -0.2) is 36.5 Å². The van der Waals surface area contributed by atoms with Crippen LogP contribution in [-0.2, 0) is 10.6 Å². The minimum atomic E-state index is -0.195. The van der Waals surface area contributed by atoms with Gasteiger partial charge in [-0.05, 0) is 49.4 Å². The summed E-state index contributed by atoms with van der Waals surface area (Å²) in [5, 5.41) is 0. The van der Waals surface area contributed by atoms with Gasteiger partial charge >= 0.3 is 0 Å². The first-order valence-corrected chi connectivity index (χ1v) is 9.99. The highest BCUT2D eigenvalue weighted by Gasteiger charge is 2.34. The molecule has 0 fully saturated rings. The van der Waals surface area contributed by atoms with Gasteiger partial charge in [0.15, 0.2) is 0 Å². The van der Waals surface area contributed by atoms with Crippen molar-refractivity contribution in [1.82, 2.24) is 4.90 Å². The van der Waals surface area contributed by atoms with Crippen molar-refractivity contribution in [3.63, 3.8) is 0 Å². The molecule has 0 saturated carbocycles. The van der Waals surface area contributed by atoms with Crippen LogP contribution in [0.15, 0.2) is 47.4 Å². The van der Waals surface area contributed by atoms with Gasteiger partial charge in [0.2, 0.25) is 0 Å². The van der Waals surface area contributed by atoms with E-state index < -0.39 is 0 Å². The second-order valence-electron chi connectivity index (χ2n) is 6.62. The lowest BCUT2D eigenvalue weighted by molar-refractivity contribution is 0.0650. The van der Waals surface area contributed by atoms with Gasteiger partial charge in [-0.1, -0.05) is 24.3 Å². The molecule has 6 heteroatoms. The Morgan fingerprint density at radius 3 is 2.56 bits per heavy atom. The van der Waals surface area contributed by atoms with E-state index in [-0.39, 0.29) is 11.8 Å². The predicted octanol–water partition coefficient (Wildman–Crippen LogP) is 4.11. The molecule has 4 rings (SSSR count). The number of fused-ring (bicyclic) bond motifs is 2. The lowest BCUT2D eigenvalue weighted by Crippen LogP contribution is -2.30. The highest BCUT2D eigenvalue weighted by molar-refractivity contribution is 7.94. The van der Waals surface area contributed by atoms with Gasteiger partial charge in [0.1, 0.15) is 5.75 Å². The molecule has 0 aliphatic carbocycles. The second-order valence-corrected chi connectivity index (χ2v) is 7.46. The minimum Gasteiger partial charge on any atom is -0.492 e. The molecule has 2 aromatic rings. The van der Waals surface area contributed by atoms with Crippen molar-refractivity contribution in [1.29, 1.82) is 0 Å². The number of imide groups is 1. The topological polar surface area (TPSA) is 55.8 Å². The fourth-order valence-corrected chi connectivity index (χ4v) is 4.13. The predicted molar refractivity (Wildman–Crippen MR) is 103 cm³/mol. The zero-order chi connectivity index (χ0) is 18.6. The number of benzene rings is 2. The van der Waals surface area contributed by atoms with Crippen LogP contribution < -0.4 is 4.74 Å². The summed E-state index contributed by atoms with van der Waals surface area (Å²) in [6.07, 6.45) is 3.59. The number of hydrogen-bond acceptors (Lipinski definition) is 5. The minimum absolute atomic E-state index is 0.195. The van der Waals surface area contributed by atoms with E-state index in [4.69, 9.17) is 8.92 Å². The molecule has 0 spiro atoms. The van der Waals surface area contributed by atoms with Gasteiger partial charge in [-0.3, -0.25) is 14.5 Å². The number of amides is 2. The zero-order valence-electron chi connectivity index (χ0n) is 15.0. The van der Waals surface area contributed by atoms with Crippen LogP contribution in [0.25, 0.3) is 0 Å². The van der Waals surface area contributed by atoms with E-state index in [1.54, 1.807) is 24.3 Å². The Bertz CT molecular complexity index is 832. The molecule has 0 atom stereocenters. The van der Waals surface area contributed by atoms with E-state index in [1.807, 2.05) is 12.1 Å². The van der Waals surface area contributed by atoms with E-state index in [0.29, 0.717) is 24.3 Å². The first-order valence-electron chi connectivity index (χ1n) is 9.25. The number of para-hydroxylation sites is 1. The molecular weight excluding hydrogens is 362 g/mol. The molecule has 0 unspecified atom stereocenters. The average molecular weight is 383 g/mol. The number of rotatable bonds is 7. The van der Waals surface area contributed by atoms with E-state index >= 15 is 0 Å². The monoisotopic (exact) mass is 383 g/mol. The fourth-order valence-electron chi connectivity index (χ4n) is 3.40. The number of nitrogens with zero attached hydrogens (tertiary/aromatic N) is 1. The maximum atomic E-state index is 12.3. The molecule has 2 amide bonds. The summed E-state index contributed by atoms with van der Waals surface area (Å²) in [6, 6.07) is 13.1. The third-order valence-corrected chi connectivity index (χ3v) is 5.57. The zero-order valence-corrected chi connectivity index (χ0v) is 15.8. The molecule has 0 N–H and O–H groups in total. The molecule has 0 aromatic heterocycles. The van der Waals surface area contributed by atoms with Gasteiger partial charge in [-0.25, -0.2) is 0 Å². The number of ether oxygens (including phenoxy) is 1. The molecule has 140 valence electrons. The van der Waals surface area contributed by atoms with E-state index in [2.05, 4.69) is 6.07 Å². The molecule has 2 heterocycles. The standard InChI is InChI=1S/C21H21NO4S/c23-20-16-9-1-2-10-17(16)21(24)22(20)12-3-4-14-26-27-18-11-5-7-15-8-6-13-25-19(15)18/h1-2,5,7,9-11H,3-4,6,8,12-14H2. The number of carbonyl (C=O) groups excluding carboxylic acids is 2. The maximum absolute atomic E-state index is 12.3. The second kappa shape index (κ2) is 8.15. The third kappa shape index (κ3) is 3.73. The molecule has 2 aliphatic rings. The summed E-state index contributed by atoms with van der Waals surface area (Å²) in [5.41, 5.74) is 2.24. The SMILES string of the molecule is O=C1c2ccccc2C(=O)N1CCCCOSc1cccc2c1OCCC2. The van der Waals surface area contributed by atoms with Crippen molar-refractivity contribution in [2.24, 2.45) is 0 Å². The highest BCUT2D eigenvalue weighted by atomic mass is 32.2. The van der Waals surface area contributed by atoms with Crippen LogP contribution >= 0.6 is 12.0 Å². The molecule has 0 radical (unpaired) electrons. The van der Waals surface area contributed by atoms with Gasteiger partial charge in [-0.2, -0.15) is 0 Å². The number of unbranched alkanes of at least 4 members (excludes halogenated alkanes) is 1. The van der Waals surface area contributed by atoms with E-state index in [0.717, 1.165) is 42.9 Å². The number of carbonyl (C=O) groups is 2. The van der Waals surface area contributed by atoms with Gasteiger partial charge < -0.3 is 8.92 Å². The first kappa shape index (κ1) is 18.1. The molecular formula is C21H21NO4S. The summed E-state index contributed by atoms with van der Waals surface area (Å²) in [4.78, 5) is 26.9. The molecule has 0 bridgehead atoms. The van der Waals surface area contributed by atoms with Crippen molar-refractivity contribution in [3.05, 3.63) is 59.2 Å². The van der Waals surface area contributed by atoms with Crippen molar-refractivity contribution in [3.8, 4) is 5.75 Å². The van der Waals surface area contributed by atoms with E-state index in [9.17, 15) is 9.59 Å². The van der Waals surface area contributed by atoms with Crippen LogP contribution in [0.2, 0.25) is 0 Å².